The average molecular weight is 533 g/mol. The molecule has 0 radical (unpaired) electrons. The third-order valence-electron chi connectivity index (χ3n) is 6.78. The van der Waals surface area contributed by atoms with Crippen LogP contribution in [0, 0.1) is 0 Å². The molecule has 0 spiro atoms. The first-order valence-electron chi connectivity index (χ1n) is 13.2. The molecule has 1 aliphatic rings. The lowest BCUT2D eigenvalue weighted by molar-refractivity contribution is -0.135. The van der Waals surface area contributed by atoms with Crippen LogP contribution in [0.2, 0.25) is 0 Å². The second kappa shape index (κ2) is 13.4. The van der Waals surface area contributed by atoms with Crippen LogP contribution in [0.3, 0.4) is 0 Å². The number of hydrogen-bond acceptors (Lipinski definition) is 5. The van der Waals surface area contributed by atoms with E-state index < -0.39 is 6.04 Å². The van der Waals surface area contributed by atoms with Gasteiger partial charge in [0, 0.05) is 50.0 Å². The predicted octanol–water partition coefficient (Wildman–Crippen LogP) is 3.98. The topological polar surface area (TPSA) is 95.7 Å². The minimum absolute atomic E-state index is 0.0775. The monoisotopic (exact) mass is 532 g/mol. The lowest BCUT2D eigenvalue weighted by Crippen LogP contribution is -2.49. The van der Waals surface area contributed by atoms with Gasteiger partial charge in [0.15, 0.2) is 0 Å². The van der Waals surface area contributed by atoms with Crippen molar-refractivity contribution in [1.29, 1.82) is 0 Å². The summed E-state index contributed by atoms with van der Waals surface area (Å²) >= 11 is 1.69. The molecule has 0 bridgehead atoms. The van der Waals surface area contributed by atoms with Gasteiger partial charge in [-0.05, 0) is 47.9 Å². The number of nitrogens with zero attached hydrogens (tertiary/aromatic N) is 2. The van der Waals surface area contributed by atoms with Gasteiger partial charge in [0.1, 0.15) is 6.04 Å². The largest absolute Gasteiger partial charge is 0.344 e. The molecule has 8 heteroatoms. The Morgan fingerprint density at radius 2 is 1.82 bits per heavy atom. The first kappa shape index (κ1) is 27.7. The second-order valence-electron chi connectivity index (χ2n) is 9.62. The normalized spacial score (nSPS) is 14.1. The summed E-state index contributed by atoms with van der Waals surface area (Å²) in [6.07, 6.45) is 2.31. The molecule has 4 rings (SSSR count). The number of nitrogens with one attached hydrogen (secondary N) is 1. The summed E-state index contributed by atoms with van der Waals surface area (Å²) in [5.74, 6) is 0.506. The zero-order valence-corrected chi connectivity index (χ0v) is 22.7. The fourth-order valence-corrected chi connectivity index (χ4v) is 5.73. The van der Waals surface area contributed by atoms with E-state index in [1.54, 1.807) is 28.6 Å². The van der Waals surface area contributed by atoms with E-state index in [1.807, 2.05) is 54.6 Å². The van der Waals surface area contributed by atoms with Crippen molar-refractivity contribution in [1.82, 2.24) is 10.2 Å². The Balaban J connectivity index is 1.41. The zero-order valence-electron chi connectivity index (χ0n) is 21.9. The summed E-state index contributed by atoms with van der Waals surface area (Å²) in [5.41, 5.74) is 7.53. The Morgan fingerprint density at radius 1 is 1.05 bits per heavy atom. The maximum Gasteiger partial charge on any atom is 0.245 e. The number of thioether (sulfide) groups is 1. The molecule has 0 aliphatic carbocycles. The summed E-state index contributed by atoms with van der Waals surface area (Å²) in [5, 5.41) is 5.21. The third kappa shape index (κ3) is 7.14. The van der Waals surface area contributed by atoms with Gasteiger partial charge in [0.25, 0.3) is 0 Å². The molecule has 3 aromatic rings. The maximum absolute atomic E-state index is 13.3. The number of carbonyl (C=O) groups excluding carboxylic acids is 3. The average Bonchev–Trinajstić information content (AvgIpc) is 3.09. The van der Waals surface area contributed by atoms with Crippen molar-refractivity contribution < 1.29 is 14.4 Å². The van der Waals surface area contributed by atoms with Crippen molar-refractivity contribution in [3.63, 3.8) is 0 Å². The minimum atomic E-state index is -0.677. The molecule has 38 heavy (non-hydrogen) atoms. The smallest absolute Gasteiger partial charge is 0.245 e. The molecule has 200 valence electrons. The van der Waals surface area contributed by atoms with Crippen LogP contribution in [0.5, 0.6) is 0 Å². The van der Waals surface area contributed by atoms with E-state index in [2.05, 4.69) is 17.4 Å². The van der Waals surface area contributed by atoms with Crippen LogP contribution in [-0.4, -0.2) is 61.1 Å². The van der Waals surface area contributed by atoms with E-state index in [-0.39, 0.29) is 24.1 Å². The first-order chi connectivity index (χ1) is 18.5. The summed E-state index contributed by atoms with van der Waals surface area (Å²) in [6, 6.07) is 21.4. The number of amides is 3. The molecular formula is C30H36N4O3S. The van der Waals surface area contributed by atoms with E-state index in [0.717, 1.165) is 32.7 Å². The molecule has 7 nitrogen and oxygen atoms in total. The van der Waals surface area contributed by atoms with Gasteiger partial charge in [-0.1, -0.05) is 54.6 Å². The van der Waals surface area contributed by atoms with Crippen molar-refractivity contribution in [3.05, 3.63) is 72.3 Å². The van der Waals surface area contributed by atoms with Crippen molar-refractivity contribution in [2.45, 2.75) is 43.0 Å². The van der Waals surface area contributed by atoms with Crippen LogP contribution in [0.4, 0.5) is 5.69 Å². The first-order valence-corrected chi connectivity index (χ1v) is 14.2. The lowest BCUT2D eigenvalue weighted by Gasteiger charge is -2.25. The molecule has 3 amide bonds. The zero-order chi connectivity index (χ0) is 26.9. The fraction of sp³-hybridized carbons (Fsp3) is 0.367. The van der Waals surface area contributed by atoms with Crippen LogP contribution in [-0.2, 0) is 20.8 Å². The maximum atomic E-state index is 13.3. The van der Waals surface area contributed by atoms with Crippen LogP contribution in [0.15, 0.2) is 71.6 Å². The molecule has 0 saturated carbocycles. The van der Waals surface area contributed by atoms with Gasteiger partial charge >= 0.3 is 0 Å². The third-order valence-corrected chi connectivity index (χ3v) is 7.84. The fourth-order valence-electron chi connectivity index (χ4n) is 4.74. The van der Waals surface area contributed by atoms with E-state index >= 15 is 0 Å². The molecule has 3 aromatic carbocycles. The Morgan fingerprint density at radius 3 is 2.63 bits per heavy atom. The van der Waals surface area contributed by atoms with Crippen molar-refractivity contribution >= 4 is 45.9 Å². The molecule has 1 unspecified atom stereocenters. The number of anilines is 1. The Labute approximate surface area is 228 Å². The van der Waals surface area contributed by atoms with Crippen molar-refractivity contribution in [2.75, 3.05) is 37.3 Å². The molecule has 1 atom stereocenters. The molecule has 1 heterocycles. The SMILES string of the molecule is CN(CCCN)C(=O)C(Cc1ccc2ccccc2c1)NC(=O)CCCN1C(=O)CCSc2ccccc21. The molecule has 0 fully saturated rings. The van der Waals surface area contributed by atoms with E-state index in [1.165, 1.54) is 0 Å². The van der Waals surface area contributed by atoms with Gasteiger partial charge in [-0.3, -0.25) is 14.4 Å². The number of nitrogens with two attached hydrogens (primary N) is 1. The molecule has 1 aliphatic heterocycles. The second-order valence-corrected chi connectivity index (χ2v) is 10.8. The van der Waals surface area contributed by atoms with Gasteiger partial charge in [-0.2, -0.15) is 0 Å². The molecule has 0 aromatic heterocycles. The summed E-state index contributed by atoms with van der Waals surface area (Å²) in [6.45, 7) is 1.49. The predicted molar refractivity (Wildman–Crippen MR) is 154 cm³/mol. The Bertz CT molecular complexity index is 1280. The number of likely N-dealkylation sites (N-methyl/N-ethyl adjacent to an activating group) is 1. The van der Waals surface area contributed by atoms with Gasteiger partial charge in [0.05, 0.1) is 5.69 Å². The molecule has 0 saturated heterocycles. The quantitative estimate of drug-likeness (QED) is 0.390. The summed E-state index contributed by atoms with van der Waals surface area (Å²) in [4.78, 5) is 43.6. The standard InChI is InChI=1S/C30H36N4O3S/c1-33(17-7-16-31)30(37)25(21-22-13-14-23-8-2-3-9-24(23)20-22)32-28(35)12-6-18-34-26-10-4-5-11-27(26)38-19-15-29(34)36/h2-5,8-11,13-14,20,25H,6-7,12,15-19,21,31H2,1H3,(H,32,35). The Hall–Kier alpha value is -3.36. The van der Waals surface area contributed by atoms with Gasteiger partial charge < -0.3 is 20.9 Å². The van der Waals surface area contributed by atoms with Crippen LogP contribution < -0.4 is 16.0 Å². The number of hydrogen-bond donors (Lipinski definition) is 2. The van der Waals surface area contributed by atoms with E-state index in [0.29, 0.717) is 45.3 Å². The number of fused-ring (bicyclic) bond motifs is 2. The summed E-state index contributed by atoms with van der Waals surface area (Å²) in [7, 11) is 1.75. The molecule has 3 N–H and O–H groups in total. The number of benzene rings is 3. The van der Waals surface area contributed by atoms with Crippen LogP contribution >= 0.6 is 11.8 Å². The van der Waals surface area contributed by atoms with Crippen molar-refractivity contribution in [3.8, 4) is 0 Å². The minimum Gasteiger partial charge on any atom is -0.344 e. The van der Waals surface area contributed by atoms with E-state index in [4.69, 9.17) is 5.73 Å². The van der Waals surface area contributed by atoms with Gasteiger partial charge in [0.2, 0.25) is 17.7 Å². The highest BCUT2D eigenvalue weighted by molar-refractivity contribution is 7.99. The van der Waals surface area contributed by atoms with Crippen LogP contribution in [0.25, 0.3) is 10.8 Å². The highest BCUT2D eigenvalue weighted by Crippen LogP contribution is 2.34. The number of rotatable bonds is 11. The highest BCUT2D eigenvalue weighted by atomic mass is 32.2. The number of carbonyl (C=O) groups is 3. The Kier molecular flexibility index (Phi) is 9.79. The van der Waals surface area contributed by atoms with Crippen molar-refractivity contribution in [2.24, 2.45) is 5.73 Å². The van der Waals surface area contributed by atoms with Gasteiger partial charge in [-0.25, -0.2) is 0 Å². The van der Waals surface area contributed by atoms with Crippen LogP contribution in [0.1, 0.15) is 31.2 Å². The summed E-state index contributed by atoms with van der Waals surface area (Å²) < 4.78 is 0. The highest BCUT2D eigenvalue weighted by Gasteiger charge is 2.25. The lowest BCUT2D eigenvalue weighted by atomic mass is 10.0. The number of para-hydroxylation sites is 1. The van der Waals surface area contributed by atoms with E-state index in [9.17, 15) is 14.4 Å². The van der Waals surface area contributed by atoms with Gasteiger partial charge in [-0.15, -0.1) is 11.8 Å². The molecular weight excluding hydrogens is 496 g/mol.